The van der Waals surface area contributed by atoms with Crippen molar-refractivity contribution in [2.75, 3.05) is 19.7 Å². The first kappa shape index (κ1) is 18.9. The number of benzene rings is 2. The van der Waals surface area contributed by atoms with E-state index >= 15 is 0 Å². The summed E-state index contributed by atoms with van der Waals surface area (Å²) in [6.07, 6.45) is 0.855. The molecule has 148 valence electrons. The van der Waals surface area contributed by atoms with Crippen molar-refractivity contribution >= 4 is 11.8 Å². The zero-order valence-corrected chi connectivity index (χ0v) is 16.0. The molecule has 2 N–H and O–H groups in total. The van der Waals surface area contributed by atoms with Gasteiger partial charge >= 0.3 is 0 Å². The number of hydrogen-bond donors (Lipinski definition) is 1. The smallest absolute Gasteiger partial charge is 0.254 e. The number of carbonyl (C=O) groups excluding carboxylic acids is 2. The zero-order chi connectivity index (χ0) is 20.4. The van der Waals surface area contributed by atoms with Crippen molar-refractivity contribution in [1.29, 1.82) is 0 Å². The van der Waals surface area contributed by atoms with Crippen LogP contribution in [0.3, 0.4) is 0 Å². The molecule has 1 fully saturated rings. The number of amides is 2. The Morgan fingerprint density at radius 1 is 1.14 bits per heavy atom. The summed E-state index contributed by atoms with van der Waals surface area (Å²) in [7, 11) is 0. The van der Waals surface area contributed by atoms with Gasteiger partial charge in [0.25, 0.3) is 5.91 Å². The molecule has 2 amide bonds. The Labute approximate surface area is 168 Å². The number of aryl methyl sites for hydroxylation is 1. The molecule has 2 aromatic carbocycles. The molecule has 4 rings (SSSR count). The average molecular weight is 391 g/mol. The van der Waals surface area contributed by atoms with Crippen LogP contribution in [-0.2, 0) is 9.53 Å². The summed E-state index contributed by atoms with van der Waals surface area (Å²) in [5, 5.41) is 0. The Morgan fingerprint density at radius 2 is 1.90 bits per heavy atom. The van der Waals surface area contributed by atoms with E-state index in [0.29, 0.717) is 29.3 Å². The predicted molar refractivity (Wildman–Crippen MR) is 107 cm³/mol. The van der Waals surface area contributed by atoms with Crippen LogP contribution in [0, 0.1) is 6.92 Å². The molecule has 1 aliphatic rings. The zero-order valence-electron chi connectivity index (χ0n) is 16.0. The second-order valence-electron chi connectivity index (χ2n) is 6.95. The summed E-state index contributed by atoms with van der Waals surface area (Å²) in [5.41, 5.74) is 8.45. The molecule has 0 radical (unpaired) electrons. The maximum atomic E-state index is 13.1. The summed E-state index contributed by atoms with van der Waals surface area (Å²) in [6.45, 7) is 2.80. The molecular weight excluding hydrogens is 370 g/mol. The quantitative estimate of drug-likeness (QED) is 0.737. The van der Waals surface area contributed by atoms with Gasteiger partial charge in [-0.15, -0.1) is 0 Å². The van der Waals surface area contributed by atoms with Gasteiger partial charge in [0.2, 0.25) is 11.8 Å². The lowest BCUT2D eigenvalue weighted by atomic mass is 10.1. The SMILES string of the molecule is Cc1ccc(-c2cnc(-c3ccccc3C(=O)N3CCO[C@H](C(N)=O)C3)o2)cc1. The maximum Gasteiger partial charge on any atom is 0.254 e. The molecule has 2 heterocycles. The Kier molecular flexibility index (Phi) is 5.14. The molecule has 0 spiro atoms. The van der Waals surface area contributed by atoms with Crippen molar-refractivity contribution in [2.24, 2.45) is 5.73 Å². The molecule has 1 aromatic heterocycles. The summed E-state index contributed by atoms with van der Waals surface area (Å²) >= 11 is 0. The number of primary amides is 1. The first-order chi connectivity index (χ1) is 14.0. The summed E-state index contributed by atoms with van der Waals surface area (Å²) in [4.78, 5) is 30.5. The van der Waals surface area contributed by atoms with Crippen molar-refractivity contribution in [1.82, 2.24) is 9.88 Å². The number of carbonyl (C=O) groups is 2. The minimum Gasteiger partial charge on any atom is -0.436 e. The number of hydrogen-bond acceptors (Lipinski definition) is 5. The topological polar surface area (TPSA) is 98.7 Å². The third-order valence-corrected chi connectivity index (χ3v) is 4.90. The van der Waals surface area contributed by atoms with Crippen molar-refractivity contribution in [3.8, 4) is 22.8 Å². The first-order valence-corrected chi connectivity index (χ1v) is 9.35. The van der Waals surface area contributed by atoms with Crippen LogP contribution in [0.25, 0.3) is 22.8 Å². The van der Waals surface area contributed by atoms with E-state index < -0.39 is 12.0 Å². The van der Waals surface area contributed by atoms with Gasteiger partial charge in [-0.2, -0.15) is 0 Å². The number of rotatable bonds is 4. The van der Waals surface area contributed by atoms with Crippen molar-refractivity contribution in [3.63, 3.8) is 0 Å². The van der Waals surface area contributed by atoms with Crippen LogP contribution in [0.5, 0.6) is 0 Å². The summed E-state index contributed by atoms with van der Waals surface area (Å²) in [5.74, 6) is 0.197. The van der Waals surface area contributed by atoms with Gasteiger partial charge in [-0.25, -0.2) is 4.98 Å². The molecule has 1 saturated heterocycles. The Bertz CT molecular complexity index is 1040. The van der Waals surface area contributed by atoms with Gasteiger partial charge in [0.15, 0.2) is 11.9 Å². The van der Waals surface area contributed by atoms with Crippen LogP contribution < -0.4 is 5.73 Å². The molecule has 7 heteroatoms. The minimum absolute atomic E-state index is 0.128. The number of morpholine rings is 1. The molecule has 0 aliphatic carbocycles. The van der Waals surface area contributed by atoms with E-state index in [4.69, 9.17) is 14.9 Å². The molecule has 1 aliphatic heterocycles. The lowest BCUT2D eigenvalue weighted by molar-refractivity contribution is -0.133. The van der Waals surface area contributed by atoms with Gasteiger partial charge < -0.3 is 19.8 Å². The molecular formula is C22H21N3O4. The van der Waals surface area contributed by atoms with Crippen molar-refractivity contribution in [3.05, 3.63) is 65.9 Å². The van der Waals surface area contributed by atoms with E-state index in [9.17, 15) is 9.59 Å². The summed E-state index contributed by atoms with van der Waals surface area (Å²) in [6, 6.07) is 15.1. The Balaban J connectivity index is 1.63. The lowest BCUT2D eigenvalue weighted by Gasteiger charge is -2.31. The van der Waals surface area contributed by atoms with Gasteiger partial charge in [-0.3, -0.25) is 9.59 Å². The highest BCUT2D eigenvalue weighted by molar-refractivity contribution is 6.00. The van der Waals surface area contributed by atoms with E-state index in [1.807, 2.05) is 37.3 Å². The van der Waals surface area contributed by atoms with Crippen molar-refractivity contribution in [2.45, 2.75) is 13.0 Å². The number of ether oxygens (including phenoxy) is 1. The fourth-order valence-corrected chi connectivity index (χ4v) is 3.28. The third-order valence-electron chi connectivity index (χ3n) is 4.90. The molecule has 0 saturated carbocycles. The largest absolute Gasteiger partial charge is 0.436 e. The monoisotopic (exact) mass is 391 g/mol. The van der Waals surface area contributed by atoms with Gasteiger partial charge in [-0.1, -0.05) is 42.0 Å². The standard InChI is InChI=1S/C22H21N3O4/c1-14-6-8-15(9-7-14)18-12-24-21(29-18)16-4-2-3-5-17(16)22(27)25-10-11-28-19(13-25)20(23)26/h2-9,12,19H,10-11,13H2,1H3,(H2,23,26)/t19-/m0/s1. The second-order valence-corrected chi connectivity index (χ2v) is 6.95. The van der Waals surface area contributed by atoms with E-state index in [2.05, 4.69) is 4.98 Å². The van der Waals surface area contributed by atoms with Crippen LogP contribution in [0.15, 0.2) is 59.1 Å². The highest BCUT2D eigenvalue weighted by atomic mass is 16.5. The molecule has 29 heavy (non-hydrogen) atoms. The fourth-order valence-electron chi connectivity index (χ4n) is 3.28. The van der Waals surface area contributed by atoms with Gasteiger partial charge in [0.1, 0.15) is 0 Å². The lowest BCUT2D eigenvalue weighted by Crippen LogP contribution is -2.50. The molecule has 3 aromatic rings. The van der Waals surface area contributed by atoms with Gasteiger partial charge in [0.05, 0.1) is 24.9 Å². The third kappa shape index (κ3) is 3.90. The number of nitrogens with two attached hydrogens (primary N) is 1. The van der Waals surface area contributed by atoms with E-state index in [-0.39, 0.29) is 19.1 Å². The molecule has 0 unspecified atom stereocenters. The number of oxazole rings is 1. The van der Waals surface area contributed by atoms with Crippen molar-refractivity contribution < 1.29 is 18.7 Å². The first-order valence-electron chi connectivity index (χ1n) is 9.35. The highest BCUT2D eigenvalue weighted by Crippen LogP contribution is 2.29. The fraction of sp³-hybridized carbons (Fsp3) is 0.227. The van der Waals surface area contributed by atoms with Crippen LogP contribution in [-0.4, -0.2) is 47.5 Å². The highest BCUT2D eigenvalue weighted by Gasteiger charge is 2.29. The Morgan fingerprint density at radius 3 is 2.66 bits per heavy atom. The average Bonchev–Trinajstić information content (AvgIpc) is 3.24. The van der Waals surface area contributed by atoms with E-state index in [1.54, 1.807) is 29.3 Å². The number of aromatic nitrogens is 1. The van der Waals surface area contributed by atoms with Gasteiger partial charge in [-0.05, 0) is 19.1 Å². The van der Waals surface area contributed by atoms with Crippen LogP contribution in [0.1, 0.15) is 15.9 Å². The normalized spacial score (nSPS) is 16.6. The van der Waals surface area contributed by atoms with Crippen LogP contribution >= 0.6 is 0 Å². The second kappa shape index (κ2) is 7.89. The molecule has 1 atom stereocenters. The van der Waals surface area contributed by atoms with E-state index in [1.165, 1.54) is 0 Å². The van der Waals surface area contributed by atoms with Gasteiger partial charge in [0, 0.05) is 17.7 Å². The maximum absolute atomic E-state index is 13.1. The van der Waals surface area contributed by atoms with E-state index in [0.717, 1.165) is 11.1 Å². The Hall–Kier alpha value is -3.45. The van der Waals surface area contributed by atoms with Crippen LogP contribution in [0.2, 0.25) is 0 Å². The summed E-state index contributed by atoms with van der Waals surface area (Å²) < 4.78 is 11.3. The number of nitrogens with zero attached hydrogens (tertiary/aromatic N) is 2. The predicted octanol–water partition coefficient (Wildman–Crippen LogP) is 2.64. The van der Waals surface area contributed by atoms with Crippen LogP contribution in [0.4, 0.5) is 0 Å². The molecule has 7 nitrogen and oxygen atoms in total. The minimum atomic E-state index is -0.797. The molecule has 0 bridgehead atoms.